The third-order valence-electron chi connectivity index (χ3n) is 2.25. The Labute approximate surface area is 81.9 Å². The van der Waals surface area contributed by atoms with Gasteiger partial charge < -0.3 is 9.84 Å². The average molecular weight is 187 g/mol. The molecule has 1 unspecified atom stereocenters. The lowest BCUT2D eigenvalue weighted by Crippen LogP contribution is -2.11. The summed E-state index contributed by atoms with van der Waals surface area (Å²) in [5, 5.41) is 18.5. The summed E-state index contributed by atoms with van der Waals surface area (Å²) in [4.78, 5) is 0. The predicted molar refractivity (Wildman–Crippen MR) is 50.7 cm³/mol. The van der Waals surface area contributed by atoms with Crippen molar-refractivity contribution in [3.05, 3.63) is 41.2 Å². The number of nitriles is 1. The lowest BCUT2D eigenvalue weighted by molar-refractivity contribution is -0.0694. The molecule has 1 atom stereocenters. The highest BCUT2D eigenvalue weighted by atomic mass is 16.6. The number of rotatable bonds is 0. The summed E-state index contributed by atoms with van der Waals surface area (Å²) < 4.78 is 5.13. The maximum Gasteiger partial charge on any atom is 0.224 e. The molecule has 1 aromatic rings. The standard InChI is InChI=1S/C11H9NO2/c1-7-10(6-12)8-4-2-3-5-9(8)11(13)14-7/h2-5,11,13H,1H3. The summed E-state index contributed by atoms with van der Waals surface area (Å²) in [6, 6.07) is 9.28. The fourth-order valence-corrected chi connectivity index (χ4v) is 1.56. The van der Waals surface area contributed by atoms with Crippen molar-refractivity contribution in [2.75, 3.05) is 0 Å². The van der Waals surface area contributed by atoms with Crippen LogP contribution in [0.3, 0.4) is 0 Å². The van der Waals surface area contributed by atoms with Gasteiger partial charge in [0.1, 0.15) is 11.8 Å². The minimum absolute atomic E-state index is 0.471. The maximum atomic E-state index is 9.58. The van der Waals surface area contributed by atoms with Gasteiger partial charge in [-0.25, -0.2) is 0 Å². The van der Waals surface area contributed by atoms with E-state index in [1.54, 1.807) is 19.1 Å². The van der Waals surface area contributed by atoms with Crippen LogP contribution in [0.2, 0.25) is 0 Å². The highest BCUT2D eigenvalue weighted by Gasteiger charge is 2.23. The quantitative estimate of drug-likeness (QED) is 0.675. The molecule has 0 bridgehead atoms. The van der Waals surface area contributed by atoms with E-state index in [9.17, 15) is 5.11 Å². The number of benzene rings is 1. The molecule has 3 nitrogen and oxygen atoms in total. The van der Waals surface area contributed by atoms with Crippen molar-refractivity contribution in [1.29, 1.82) is 5.26 Å². The molecule has 0 aromatic heterocycles. The highest BCUT2D eigenvalue weighted by Crippen LogP contribution is 2.34. The molecule has 0 saturated carbocycles. The first-order valence-corrected chi connectivity index (χ1v) is 4.29. The van der Waals surface area contributed by atoms with E-state index in [0.717, 1.165) is 5.56 Å². The van der Waals surface area contributed by atoms with Gasteiger partial charge in [-0.15, -0.1) is 0 Å². The zero-order valence-electron chi connectivity index (χ0n) is 7.69. The minimum atomic E-state index is -0.955. The van der Waals surface area contributed by atoms with Crippen molar-refractivity contribution < 1.29 is 9.84 Å². The number of hydrogen-bond donors (Lipinski definition) is 1. The summed E-state index contributed by atoms with van der Waals surface area (Å²) >= 11 is 0. The molecule has 1 aliphatic heterocycles. The Hall–Kier alpha value is -1.79. The van der Waals surface area contributed by atoms with Crippen molar-refractivity contribution in [2.24, 2.45) is 0 Å². The van der Waals surface area contributed by atoms with Crippen LogP contribution in [0.4, 0.5) is 0 Å². The summed E-state index contributed by atoms with van der Waals surface area (Å²) in [7, 11) is 0. The molecule has 2 rings (SSSR count). The van der Waals surface area contributed by atoms with Crippen LogP contribution in [0, 0.1) is 11.3 Å². The number of aliphatic hydroxyl groups excluding tert-OH is 1. The number of allylic oxidation sites excluding steroid dienone is 2. The molecular formula is C11H9NO2. The number of aliphatic hydroxyl groups is 1. The highest BCUT2D eigenvalue weighted by molar-refractivity contribution is 5.81. The van der Waals surface area contributed by atoms with Gasteiger partial charge >= 0.3 is 0 Å². The van der Waals surface area contributed by atoms with Gasteiger partial charge in [0.2, 0.25) is 6.29 Å². The van der Waals surface area contributed by atoms with E-state index in [0.29, 0.717) is 16.9 Å². The van der Waals surface area contributed by atoms with Crippen LogP contribution < -0.4 is 0 Å². The largest absolute Gasteiger partial charge is 0.464 e. The summed E-state index contributed by atoms with van der Waals surface area (Å²) in [6.07, 6.45) is -0.955. The third kappa shape index (κ3) is 1.17. The van der Waals surface area contributed by atoms with Gasteiger partial charge in [0.25, 0.3) is 0 Å². The van der Waals surface area contributed by atoms with Gasteiger partial charge in [0.15, 0.2) is 0 Å². The van der Waals surface area contributed by atoms with Gasteiger partial charge in [0, 0.05) is 11.1 Å². The second-order valence-corrected chi connectivity index (χ2v) is 3.10. The number of fused-ring (bicyclic) bond motifs is 1. The van der Waals surface area contributed by atoms with Crippen LogP contribution in [-0.2, 0) is 4.74 Å². The van der Waals surface area contributed by atoms with Crippen LogP contribution >= 0.6 is 0 Å². The van der Waals surface area contributed by atoms with Gasteiger partial charge in [-0.3, -0.25) is 0 Å². The van der Waals surface area contributed by atoms with E-state index in [4.69, 9.17) is 10.00 Å². The van der Waals surface area contributed by atoms with E-state index in [1.165, 1.54) is 0 Å². The molecule has 0 aliphatic carbocycles. The molecule has 0 amide bonds. The Kier molecular flexibility index (Phi) is 1.99. The Morgan fingerprint density at radius 2 is 2.14 bits per heavy atom. The SMILES string of the molecule is CC1=C(C#N)c2ccccc2C(O)O1. The molecule has 0 spiro atoms. The van der Waals surface area contributed by atoms with E-state index in [2.05, 4.69) is 6.07 Å². The van der Waals surface area contributed by atoms with Gasteiger partial charge in [-0.2, -0.15) is 5.26 Å². The fourth-order valence-electron chi connectivity index (χ4n) is 1.56. The normalized spacial score (nSPS) is 19.6. The number of nitrogens with zero attached hydrogens (tertiary/aromatic N) is 1. The van der Waals surface area contributed by atoms with E-state index >= 15 is 0 Å². The summed E-state index contributed by atoms with van der Waals surface area (Å²) in [5.74, 6) is 0.471. The Bertz CT molecular complexity index is 443. The first-order valence-electron chi connectivity index (χ1n) is 4.29. The Morgan fingerprint density at radius 1 is 1.43 bits per heavy atom. The first kappa shape index (κ1) is 8.79. The monoisotopic (exact) mass is 187 g/mol. The summed E-state index contributed by atoms with van der Waals surface area (Å²) in [5.41, 5.74) is 1.90. The lowest BCUT2D eigenvalue weighted by atomic mass is 9.97. The molecule has 1 aliphatic rings. The molecule has 0 saturated heterocycles. The number of hydrogen-bond acceptors (Lipinski definition) is 3. The molecule has 1 heterocycles. The van der Waals surface area contributed by atoms with Gasteiger partial charge in [-0.05, 0) is 6.92 Å². The van der Waals surface area contributed by atoms with Crippen LogP contribution in [0.1, 0.15) is 24.3 Å². The van der Waals surface area contributed by atoms with E-state index in [-0.39, 0.29) is 0 Å². The first-order chi connectivity index (χ1) is 6.74. The van der Waals surface area contributed by atoms with Crippen LogP contribution in [0.15, 0.2) is 30.0 Å². The van der Waals surface area contributed by atoms with Crippen LogP contribution in [0.5, 0.6) is 0 Å². The fraction of sp³-hybridized carbons (Fsp3) is 0.182. The second kappa shape index (κ2) is 3.17. The number of ether oxygens (including phenoxy) is 1. The lowest BCUT2D eigenvalue weighted by Gasteiger charge is -2.23. The molecule has 14 heavy (non-hydrogen) atoms. The average Bonchev–Trinajstić information content (AvgIpc) is 2.18. The zero-order valence-corrected chi connectivity index (χ0v) is 7.69. The van der Waals surface area contributed by atoms with Gasteiger partial charge in [-0.1, -0.05) is 24.3 Å². The topological polar surface area (TPSA) is 53.2 Å². The van der Waals surface area contributed by atoms with Crippen LogP contribution in [0.25, 0.3) is 5.57 Å². The van der Waals surface area contributed by atoms with Crippen molar-refractivity contribution in [1.82, 2.24) is 0 Å². The predicted octanol–water partition coefficient (Wildman–Crippen LogP) is 1.96. The van der Waals surface area contributed by atoms with Crippen molar-refractivity contribution in [2.45, 2.75) is 13.2 Å². The van der Waals surface area contributed by atoms with Crippen molar-refractivity contribution in [3.8, 4) is 6.07 Å². The van der Waals surface area contributed by atoms with Crippen LogP contribution in [-0.4, -0.2) is 5.11 Å². The smallest absolute Gasteiger partial charge is 0.224 e. The van der Waals surface area contributed by atoms with E-state index < -0.39 is 6.29 Å². The third-order valence-corrected chi connectivity index (χ3v) is 2.25. The molecule has 70 valence electrons. The minimum Gasteiger partial charge on any atom is -0.464 e. The second-order valence-electron chi connectivity index (χ2n) is 3.10. The molecule has 1 N–H and O–H groups in total. The molecule has 0 radical (unpaired) electrons. The molecular weight excluding hydrogens is 178 g/mol. The Balaban J connectivity index is 2.67. The van der Waals surface area contributed by atoms with E-state index in [1.807, 2.05) is 12.1 Å². The van der Waals surface area contributed by atoms with Gasteiger partial charge in [0.05, 0.1) is 5.57 Å². The molecule has 1 aromatic carbocycles. The maximum absolute atomic E-state index is 9.58. The molecule has 3 heteroatoms. The zero-order chi connectivity index (χ0) is 10.1. The molecule has 0 fully saturated rings. The van der Waals surface area contributed by atoms with Crippen molar-refractivity contribution in [3.63, 3.8) is 0 Å². The Morgan fingerprint density at radius 3 is 2.86 bits per heavy atom. The van der Waals surface area contributed by atoms with Crippen molar-refractivity contribution >= 4 is 5.57 Å². The summed E-state index contributed by atoms with van der Waals surface area (Å²) in [6.45, 7) is 1.68.